The first-order chi connectivity index (χ1) is 9.22. The maximum atomic E-state index is 11.8. The number of carbonyl (C=O) groups is 1. The number of rotatable bonds is 3. The molecular weight excluding hydrogens is 244 g/mol. The summed E-state index contributed by atoms with van der Waals surface area (Å²) in [7, 11) is 0. The lowest BCUT2D eigenvalue weighted by atomic mass is 10.1. The molecule has 19 heavy (non-hydrogen) atoms. The van der Waals surface area contributed by atoms with Crippen molar-refractivity contribution in [3.8, 4) is 11.5 Å². The Kier molecular flexibility index (Phi) is 2.83. The van der Waals surface area contributed by atoms with Crippen LogP contribution < -0.4 is 9.47 Å². The molecule has 4 nitrogen and oxygen atoms in total. The molecule has 0 saturated heterocycles. The molecule has 1 aliphatic rings. The van der Waals surface area contributed by atoms with Crippen molar-refractivity contribution in [3.05, 3.63) is 53.5 Å². The Balaban J connectivity index is 1.77. The van der Waals surface area contributed by atoms with Gasteiger partial charge in [-0.15, -0.1) is 0 Å². The Morgan fingerprint density at radius 2 is 2.00 bits per heavy atom. The van der Waals surface area contributed by atoms with Gasteiger partial charge in [-0.2, -0.15) is 0 Å². The second-order valence-electron chi connectivity index (χ2n) is 4.22. The molecule has 0 N–H and O–H groups in total. The summed E-state index contributed by atoms with van der Waals surface area (Å²) in [5.74, 6) is 2.33. The third-order valence-electron chi connectivity index (χ3n) is 2.81. The van der Waals surface area contributed by atoms with Gasteiger partial charge in [0.2, 0.25) is 12.6 Å². The molecule has 4 heteroatoms. The number of hydrogen-bond donors (Lipinski definition) is 0. The molecule has 3 rings (SSSR count). The largest absolute Gasteiger partial charge is 0.458 e. The molecule has 2 heterocycles. The Hall–Kier alpha value is -2.49. The molecule has 1 aromatic carbocycles. The molecule has 2 aromatic rings. The van der Waals surface area contributed by atoms with E-state index in [9.17, 15) is 4.79 Å². The fourth-order valence-corrected chi connectivity index (χ4v) is 1.84. The lowest BCUT2D eigenvalue weighted by Gasteiger charge is -1.97. The summed E-state index contributed by atoms with van der Waals surface area (Å²) >= 11 is 0. The van der Waals surface area contributed by atoms with Crippen molar-refractivity contribution in [2.45, 2.75) is 6.92 Å². The third-order valence-corrected chi connectivity index (χ3v) is 2.81. The van der Waals surface area contributed by atoms with E-state index in [2.05, 4.69) is 0 Å². The minimum Gasteiger partial charge on any atom is -0.458 e. The van der Waals surface area contributed by atoms with Crippen molar-refractivity contribution < 1.29 is 18.7 Å². The number of benzene rings is 1. The van der Waals surface area contributed by atoms with Crippen molar-refractivity contribution in [1.29, 1.82) is 0 Å². The van der Waals surface area contributed by atoms with Crippen LogP contribution >= 0.6 is 0 Å². The highest BCUT2D eigenvalue weighted by Gasteiger charge is 2.12. The Morgan fingerprint density at radius 3 is 2.79 bits per heavy atom. The van der Waals surface area contributed by atoms with Crippen molar-refractivity contribution in [3.63, 3.8) is 0 Å². The molecule has 0 unspecified atom stereocenters. The molecule has 96 valence electrons. The first-order valence-electron chi connectivity index (χ1n) is 5.91. The quantitative estimate of drug-likeness (QED) is 0.625. The second kappa shape index (κ2) is 4.65. The van der Waals surface area contributed by atoms with E-state index >= 15 is 0 Å². The highest BCUT2D eigenvalue weighted by atomic mass is 16.7. The monoisotopic (exact) mass is 256 g/mol. The molecule has 0 aliphatic carbocycles. The van der Waals surface area contributed by atoms with Crippen LogP contribution in [0.25, 0.3) is 6.08 Å². The van der Waals surface area contributed by atoms with Crippen LogP contribution in [0, 0.1) is 6.92 Å². The SMILES string of the molecule is Cc1ccc(C(=O)/C=C/c2ccc3c(c2)OCO3)o1. The zero-order valence-electron chi connectivity index (χ0n) is 10.4. The molecule has 0 amide bonds. The fourth-order valence-electron chi connectivity index (χ4n) is 1.84. The van der Waals surface area contributed by atoms with Gasteiger partial charge in [0.05, 0.1) is 0 Å². The summed E-state index contributed by atoms with van der Waals surface area (Å²) in [5.41, 5.74) is 0.876. The lowest BCUT2D eigenvalue weighted by molar-refractivity contribution is 0.102. The average molecular weight is 256 g/mol. The van der Waals surface area contributed by atoms with Crippen LogP contribution in [0.4, 0.5) is 0 Å². The van der Waals surface area contributed by atoms with Gasteiger partial charge in [0.25, 0.3) is 0 Å². The van der Waals surface area contributed by atoms with Gasteiger partial charge in [-0.25, -0.2) is 0 Å². The number of carbonyl (C=O) groups excluding carboxylic acids is 1. The normalized spacial score (nSPS) is 13.1. The molecule has 1 aliphatic heterocycles. The Morgan fingerprint density at radius 1 is 1.16 bits per heavy atom. The van der Waals surface area contributed by atoms with E-state index in [4.69, 9.17) is 13.9 Å². The highest BCUT2D eigenvalue weighted by molar-refractivity contribution is 6.04. The molecule has 0 radical (unpaired) electrons. The number of ether oxygens (including phenoxy) is 2. The number of ketones is 1. The first-order valence-corrected chi connectivity index (χ1v) is 5.91. The highest BCUT2D eigenvalue weighted by Crippen LogP contribution is 2.32. The maximum Gasteiger partial charge on any atom is 0.231 e. The van der Waals surface area contributed by atoms with Crippen LogP contribution in [0.1, 0.15) is 21.9 Å². The molecule has 0 bridgehead atoms. The maximum absolute atomic E-state index is 11.8. The van der Waals surface area contributed by atoms with Crippen molar-refractivity contribution in [2.24, 2.45) is 0 Å². The summed E-state index contributed by atoms with van der Waals surface area (Å²) in [6.07, 6.45) is 3.21. The molecule has 0 saturated carbocycles. The average Bonchev–Trinajstić information content (AvgIpc) is 3.03. The van der Waals surface area contributed by atoms with Gasteiger partial charge < -0.3 is 13.9 Å². The van der Waals surface area contributed by atoms with Crippen LogP contribution in [0.5, 0.6) is 11.5 Å². The van der Waals surface area contributed by atoms with E-state index in [0.29, 0.717) is 11.5 Å². The van der Waals surface area contributed by atoms with E-state index in [-0.39, 0.29) is 12.6 Å². The van der Waals surface area contributed by atoms with E-state index in [1.807, 2.05) is 18.2 Å². The number of fused-ring (bicyclic) bond motifs is 1. The van der Waals surface area contributed by atoms with Crippen LogP contribution in [0.3, 0.4) is 0 Å². The zero-order valence-corrected chi connectivity index (χ0v) is 10.4. The minimum atomic E-state index is -0.161. The molecular formula is C15H12O4. The van der Waals surface area contributed by atoms with Gasteiger partial charge in [-0.1, -0.05) is 12.1 Å². The summed E-state index contributed by atoms with van der Waals surface area (Å²) < 4.78 is 15.8. The van der Waals surface area contributed by atoms with Gasteiger partial charge in [0.15, 0.2) is 17.3 Å². The number of furan rings is 1. The summed E-state index contributed by atoms with van der Waals surface area (Å²) in [6.45, 7) is 2.05. The van der Waals surface area contributed by atoms with Gasteiger partial charge in [0.1, 0.15) is 5.76 Å². The van der Waals surface area contributed by atoms with Crippen LogP contribution in [0.2, 0.25) is 0 Å². The van der Waals surface area contributed by atoms with Crippen LogP contribution in [-0.4, -0.2) is 12.6 Å². The molecule has 1 aromatic heterocycles. The summed E-state index contributed by atoms with van der Waals surface area (Å²) in [6, 6.07) is 8.96. The lowest BCUT2D eigenvalue weighted by Crippen LogP contribution is -1.92. The molecule has 0 spiro atoms. The molecule has 0 fully saturated rings. The van der Waals surface area contributed by atoms with Gasteiger partial charge in [0, 0.05) is 0 Å². The number of allylic oxidation sites excluding steroid dienone is 1. The Labute approximate surface area is 110 Å². The summed E-state index contributed by atoms with van der Waals surface area (Å²) in [4.78, 5) is 11.8. The standard InChI is InChI=1S/C15H12O4/c1-10-2-6-13(19-10)12(16)5-3-11-4-7-14-15(8-11)18-9-17-14/h2-8H,9H2,1H3/b5-3+. The zero-order chi connectivity index (χ0) is 13.2. The Bertz CT molecular complexity index is 652. The van der Waals surface area contributed by atoms with Gasteiger partial charge in [-0.3, -0.25) is 4.79 Å². The predicted octanol–water partition coefficient (Wildman–Crippen LogP) is 3.21. The van der Waals surface area contributed by atoms with Gasteiger partial charge >= 0.3 is 0 Å². The minimum absolute atomic E-state index is 0.161. The van der Waals surface area contributed by atoms with E-state index in [1.54, 1.807) is 25.1 Å². The smallest absolute Gasteiger partial charge is 0.231 e. The van der Waals surface area contributed by atoms with Crippen molar-refractivity contribution in [2.75, 3.05) is 6.79 Å². The van der Waals surface area contributed by atoms with E-state index in [0.717, 1.165) is 17.1 Å². The van der Waals surface area contributed by atoms with E-state index in [1.165, 1.54) is 6.08 Å². The van der Waals surface area contributed by atoms with Crippen LogP contribution in [0.15, 0.2) is 40.8 Å². The van der Waals surface area contributed by atoms with Crippen molar-refractivity contribution in [1.82, 2.24) is 0 Å². The van der Waals surface area contributed by atoms with E-state index < -0.39 is 0 Å². The first kappa shape index (κ1) is 11.6. The number of hydrogen-bond acceptors (Lipinski definition) is 4. The third kappa shape index (κ3) is 2.38. The van der Waals surface area contributed by atoms with Crippen LogP contribution in [-0.2, 0) is 0 Å². The summed E-state index contributed by atoms with van der Waals surface area (Å²) in [5, 5.41) is 0. The second-order valence-corrected chi connectivity index (χ2v) is 4.22. The topological polar surface area (TPSA) is 48.7 Å². The number of aryl methyl sites for hydroxylation is 1. The van der Waals surface area contributed by atoms with Crippen molar-refractivity contribution >= 4 is 11.9 Å². The molecule has 0 atom stereocenters. The van der Waals surface area contributed by atoms with Gasteiger partial charge in [-0.05, 0) is 42.8 Å². The fraction of sp³-hybridized carbons (Fsp3) is 0.133. The predicted molar refractivity (Wildman–Crippen MR) is 69.4 cm³/mol.